The zero-order chi connectivity index (χ0) is 10.7. The summed E-state index contributed by atoms with van der Waals surface area (Å²) in [4.78, 5) is 9.90. The molecule has 0 radical (unpaired) electrons. The zero-order valence-electron chi connectivity index (χ0n) is 7.73. The second kappa shape index (κ2) is 3.93. The number of nitro benzene ring substituents is 1. The van der Waals surface area contributed by atoms with Gasteiger partial charge in [0.1, 0.15) is 0 Å². The number of benzene rings is 1. The van der Waals surface area contributed by atoms with Gasteiger partial charge >= 0.3 is 0 Å². The van der Waals surface area contributed by atoms with Gasteiger partial charge in [-0.25, -0.2) is 0 Å². The molecule has 76 valence electrons. The highest BCUT2D eigenvalue weighted by Crippen LogP contribution is 2.23. The molecule has 0 spiro atoms. The minimum absolute atomic E-state index is 0.0299. The first-order chi connectivity index (χ1) is 6.50. The van der Waals surface area contributed by atoms with Crippen molar-refractivity contribution in [2.24, 2.45) is 5.73 Å². The maximum atomic E-state index is 10.4. The second-order valence-electron chi connectivity index (χ2n) is 2.96. The molecular weight excluding hydrogens is 184 g/mol. The van der Waals surface area contributed by atoms with Crippen LogP contribution in [-0.2, 0) is 0 Å². The Morgan fingerprint density at radius 2 is 2.21 bits per heavy atom. The van der Waals surface area contributed by atoms with E-state index in [9.17, 15) is 10.1 Å². The van der Waals surface area contributed by atoms with Crippen LogP contribution in [0.3, 0.4) is 0 Å². The van der Waals surface area contributed by atoms with E-state index in [4.69, 9.17) is 11.5 Å². The van der Waals surface area contributed by atoms with E-state index in [0.717, 1.165) is 0 Å². The van der Waals surface area contributed by atoms with Crippen molar-refractivity contribution >= 4 is 17.1 Å². The molecule has 0 fully saturated rings. The van der Waals surface area contributed by atoms with E-state index in [1.54, 1.807) is 6.92 Å². The Hall–Kier alpha value is -1.82. The Labute approximate surface area is 81.0 Å². The fraction of sp³-hybridized carbons (Fsp3) is 0.250. The average Bonchev–Trinajstić information content (AvgIpc) is 2.07. The molecule has 0 aliphatic heterocycles. The van der Waals surface area contributed by atoms with E-state index in [0.29, 0.717) is 11.4 Å². The Kier molecular flexibility index (Phi) is 2.88. The van der Waals surface area contributed by atoms with Gasteiger partial charge in [-0.3, -0.25) is 10.1 Å². The predicted octanol–water partition coefficient (Wildman–Crippen LogP) is 0.894. The van der Waals surface area contributed by atoms with E-state index < -0.39 is 4.92 Å². The van der Waals surface area contributed by atoms with Crippen molar-refractivity contribution in [2.75, 3.05) is 11.1 Å². The Bertz CT molecular complexity index is 351. The lowest BCUT2D eigenvalue weighted by Gasteiger charge is -2.11. The van der Waals surface area contributed by atoms with Gasteiger partial charge in [0.25, 0.3) is 5.69 Å². The van der Waals surface area contributed by atoms with Crippen LogP contribution >= 0.6 is 0 Å². The first kappa shape index (κ1) is 10.3. The molecule has 6 heteroatoms. The summed E-state index contributed by atoms with van der Waals surface area (Å²) in [6.45, 7) is 1.75. The fourth-order valence-electron chi connectivity index (χ4n) is 1.04. The van der Waals surface area contributed by atoms with Gasteiger partial charge in [-0.05, 0) is 13.0 Å². The number of nitrogens with zero attached hydrogens (tertiary/aromatic N) is 1. The summed E-state index contributed by atoms with van der Waals surface area (Å²) in [6, 6.07) is 4.21. The highest BCUT2D eigenvalue weighted by atomic mass is 16.6. The lowest BCUT2D eigenvalue weighted by atomic mass is 10.2. The van der Waals surface area contributed by atoms with E-state index >= 15 is 0 Å². The van der Waals surface area contributed by atoms with Crippen molar-refractivity contribution in [3.05, 3.63) is 28.3 Å². The van der Waals surface area contributed by atoms with E-state index in [-0.39, 0.29) is 11.9 Å². The predicted molar refractivity (Wildman–Crippen MR) is 54.8 cm³/mol. The summed E-state index contributed by atoms with van der Waals surface area (Å²) >= 11 is 0. The summed E-state index contributed by atoms with van der Waals surface area (Å²) in [5.41, 5.74) is 12.0. The maximum Gasteiger partial charge on any atom is 0.271 e. The third-order valence-corrected chi connectivity index (χ3v) is 1.63. The van der Waals surface area contributed by atoms with Crippen molar-refractivity contribution in [2.45, 2.75) is 13.1 Å². The van der Waals surface area contributed by atoms with Crippen LogP contribution in [0.1, 0.15) is 6.92 Å². The minimum Gasteiger partial charge on any atom is -0.397 e. The molecule has 0 heterocycles. The largest absolute Gasteiger partial charge is 0.397 e. The Balaban J connectivity index is 2.95. The van der Waals surface area contributed by atoms with Crippen molar-refractivity contribution in [1.29, 1.82) is 0 Å². The van der Waals surface area contributed by atoms with E-state index in [1.807, 2.05) is 0 Å². The van der Waals surface area contributed by atoms with Crippen LogP contribution in [0.4, 0.5) is 17.1 Å². The van der Waals surface area contributed by atoms with Crippen LogP contribution in [0.15, 0.2) is 18.2 Å². The highest BCUT2D eigenvalue weighted by molar-refractivity contribution is 5.69. The molecule has 5 N–H and O–H groups in total. The molecule has 1 aromatic rings. The van der Waals surface area contributed by atoms with Gasteiger partial charge in [0.05, 0.1) is 22.5 Å². The molecule has 1 rings (SSSR count). The van der Waals surface area contributed by atoms with Gasteiger partial charge in [0.2, 0.25) is 0 Å². The molecule has 14 heavy (non-hydrogen) atoms. The van der Waals surface area contributed by atoms with Gasteiger partial charge in [0, 0.05) is 12.1 Å². The summed E-state index contributed by atoms with van der Waals surface area (Å²) in [7, 11) is 0. The second-order valence-corrected chi connectivity index (χ2v) is 2.96. The van der Waals surface area contributed by atoms with Gasteiger partial charge < -0.3 is 16.8 Å². The van der Waals surface area contributed by atoms with E-state index in [1.165, 1.54) is 18.2 Å². The molecule has 0 aliphatic carbocycles. The summed E-state index contributed by atoms with van der Waals surface area (Å²) in [5.74, 6) is 0. The standard InChI is InChI=1S/C8H12N4O2/c1-5(9)11-8-3-2-6(12(13)14)4-7(8)10/h2-5,11H,9-10H2,1H3. The molecule has 6 nitrogen and oxygen atoms in total. The third kappa shape index (κ3) is 2.33. The number of anilines is 2. The van der Waals surface area contributed by atoms with Crippen LogP contribution in [0.2, 0.25) is 0 Å². The first-order valence-electron chi connectivity index (χ1n) is 4.06. The monoisotopic (exact) mass is 196 g/mol. The number of nitrogens with two attached hydrogens (primary N) is 2. The molecule has 0 aromatic heterocycles. The van der Waals surface area contributed by atoms with Crippen LogP contribution in [0.5, 0.6) is 0 Å². The highest BCUT2D eigenvalue weighted by Gasteiger charge is 2.08. The van der Waals surface area contributed by atoms with Gasteiger partial charge in [-0.1, -0.05) is 0 Å². The Morgan fingerprint density at radius 1 is 1.57 bits per heavy atom. The number of nitro groups is 1. The molecule has 1 atom stereocenters. The van der Waals surface area contributed by atoms with Crippen molar-refractivity contribution in [3.8, 4) is 0 Å². The van der Waals surface area contributed by atoms with Gasteiger partial charge in [0.15, 0.2) is 0 Å². The topological polar surface area (TPSA) is 107 Å². The quantitative estimate of drug-likeness (QED) is 0.288. The lowest BCUT2D eigenvalue weighted by molar-refractivity contribution is -0.384. The van der Waals surface area contributed by atoms with Gasteiger partial charge in [-0.15, -0.1) is 0 Å². The SMILES string of the molecule is CC(N)Nc1ccc([N+](=O)[O-])cc1N. The first-order valence-corrected chi connectivity index (χ1v) is 4.06. The summed E-state index contributed by atoms with van der Waals surface area (Å²) in [6.07, 6.45) is -0.251. The van der Waals surface area contributed by atoms with Crippen molar-refractivity contribution < 1.29 is 4.92 Å². The molecule has 1 unspecified atom stereocenters. The number of non-ortho nitro benzene ring substituents is 1. The molecule has 0 saturated heterocycles. The number of rotatable bonds is 3. The summed E-state index contributed by atoms with van der Waals surface area (Å²) in [5, 5.41) is 13.3. The van der Waals surface area contributed by atoms with Crippen LogP contribution in [0, 0.1) is 10.1 Å². The number of hydrogen-bond acceptors (Lipinski definition) is 5. The molecular formula is C8H12N4O2. The minimum atomic E-state index is -0.494. The normalized spacial score (nSPS) is 12.1. The average molecular weight is 196 g/mol. The molecule has 0 amide bonds. The fourth-order valence-corrected chi connectivity index (χ4v) is 1.04. The third-order valence-electron chi connectivity index (χ3n) is 1.63. The molecule has 1 aromatic carbocycles. The van der Waals surface area contributed by atoms with Crippen LogP contribution < -0.4 is 16.8 Å². The lowest BCUT2D eigenvalue weighted by Crippen LogP contribution is -2.25. The van der Waals surface area contributed by atoms with Crippen molar-refractivity contribution in [1.82, 2.24) is 0 Å². The smallest absolute Gasteiger partial charge is 0.271 e. The number of nitrogens with one attached hydrogen (secondary N) is 1. The zero-order valence-corrected chi connectivity index (χ0v) is 7.73. The van der Waals surface area contributed by atoms with Gasteiger partial charge in [-0.2, -0.15) is 0 Å². The van der Waals surface area contributed by atoms with E-state index in [2.05, 4.69) is 5.32 Å². The molecule has 0 bridgehead atoms. The maximum absolute atomic E-state index is 10.4. The molecule has 0 saturated carbocycles. The van der Waals surface area contributed by atoms with Crippen molar-refractivity contribution in [3.63, 3.8) is 0 Å². The number of nitrogen functional groups attached to an aromatic ring is 1. The van der Waals surface area contributed by atoms with Crippen LogP contribution in [-0.4, -0.2) is 11.1 Å². The summed E-state index contributed by atoms with van der Waals surface area (Å²) < 4.78 is 0. The van der Waals surface area contributed by atoms with Crippen LogP contribution in [0.25, 0.3) is 0 Å². The Morgan fingerprint density at radius 3 is 2.64 bits per heavy atom. The number of hydrogen-bond donors (Lipinski definition) is 3. The molecule has 0 aliphatic rings.